The molecule has 2 fully saturated rings. The van der Waals surface area contributed by atoms with Gasteiger partial charge in [-0.15, -0.1) is 0 Å². The van der Waals surface area contributed by atoms with Gasteiger partial charge >= 0.3 is 0 Å². The van der Waals surface area contributed by atoms with Gasteiger partial charge in [0, 0.05) is 52.9 Å². The smallest absolute Gasteiger partial charge is 0.227 e. The highest BCUT2D eigenvalue weighted by molar-refractivity contribution is 5.80. The van der Waals surface area contributed by atoms with Crippen molar-refractivity contribution < 1.29 is 4.79 Å². The summed E-state index contributed by atoms with van der Waals surface area (Å²) >= 11 is 0. The van der Waals surface area contributed by atoms with Crippen molar-refractivity contribution in [1.82, 2.24) is 14.9 Å². The Morgan fingerprint density at radius 1 is 1.22 bits per heavy atom. The molecule has 0 aromatic carbocycles. The van der Waals surface area contributed by atoms with Crippen LogP contribution in [0, 0.1) is 11.8 Å². The summed E-state index contributed by atoms with van der Waals surface area (Å²) in [7, 11) is 5.94. The predicted octanol–water partition coefficient (Wildman–Crippen LogP) is 1.63. The van der Waals surface area contributed by atoms with Gasteiger partial charge in [0.2, 0.25) is 11.9 Å². The highest BCUT2D eigenvalue weighted by Gasteiger charge is 2.33. The molecule has 0 bridgehead atoms. The molecule has 1 aromatic heterocycles. The largest absolute Gasteiger partial charge is 0.363 e. The molecule has 6 nitrogen and oxygen atoms in total. The number of aromatic nitrogens is 2. The minimum atomic E-state index is 0.322. The zero-order chi connectivity index (χ0) is 16.4. The molecule has 3 rings (SSSR count). The third-order valence-corrected chi connectivity index (χ3v) is 4.82. The van der Waals surface area contributed by atoms with Crippen molar-refractivity contribution in [1.29, 1.82) is 0 Å². The zero-order valence-electron chi connectivity index (χ0n) is 14.4. The maximum atomic E-state index is 12.1. The predicted molar refractivity (Wildman–Crippen MR) is 91.7 cm³/mol. The Hall–Kier alpha value is -1.85. The highest BCUT2D eigenvalue weighted by Crippen LogP contribution is 2.31. The second-order valence-corrected chi connectivity index (χ2v) is 7.03. The standard InChI is InChI=1S/C17H27N5O/c1-20(2)15-6-9-18-17(19-15)22-10-7-13(8-11-22)12-21(3)16(23)14-4-5-14/h6,9,13-14H,4-5,7-8,10-12H2,1-3H3. The third kappa shape index (κ3) is 3.92. The first-order valence-electron chi connectivity index (χ1n) is 8.55. The maximum absolute atomic E-state index is 12.1. The van der Waals surface area contributed by atoms with Crippen LogP contribution >= 0.6 is 0 Å². The van der Waals surface area contributed by atoms with Gasteiger partial charge in [-0.2, -0.15) is 4.98 Å². The molecule has 0 atom stereocenters. The molecule has 6 heteroatoms. The SMILES string of the molecule is CN(CC1CCN(c2nccc(N(C)C)n2)CC1)C(=O)C1CC1. The normalized spacial score (nSPS) is 18.8. The Morgan fingerprint density at radius 2 is 1.91 bits per heavy atom. The molecule has 0 unspecified atom stereocenters. The van der Waals surface area contributed by atoms with E-state index in [4.69, 9.17) is 0 Å². The molecule has 1 saturated heterocycles. The number of carbonyl (C=O) groups excluding carboxylic acids is 1. The summed E-state index contributed by atoms with van der Waals surface area (Å²) in [5.41, 5.74) is 0. The van der Waals surface area contributed by atoms with Crippen LogP contribution in [0.2, 0.25) is 0 Å². The second kappa shape index (κ2) is 6.72. The minimum Gasteiger partial charge on any atom is -0.363 e. The summed E-state index contributed by atoms with van der Waals surface area (Å²) in [6, 6.07) is 1.93. The van der Waals surface area contributed by atoms with Crippen LogP contribution < -0.4 is 9.80 Å². The van der Waals surface area contributed by atoms with Crippen LogP contribution in [-0.4, -0.2) is 61.6 Å². The third-order valence-electron chi connectivity index (χ3n) is 4.82. The van der Waals surface area contributed by atoms with Crippen molar-refractivity contribution in [2.24, 2.45) is 11.8 Å². The topological polar surface area (TPSA) is 52.6 Å². The van der Waals surface area contributed by atoms with Crippen LogP contribution in [0.4, 0.5) is 11.8 Å². The minimum absolute atomic E-state index is 0.322. The molecule has 0 spiro atoms. The maximum Gasteiger partial charge on any atom is 0.227 e. The van der Waals surface area contributed by atoms with Crippen molar-refractivity contribution in [3.05, 3.63) is 12.3 Å². The summed E-state index contributed by atoms with van der Waals surface area (Å²) in [4.78, 5) is 27.3. The van der Waals surface area contributed by atoms with Crippen LogP contribution in [0.3, 0.4) is 0 Å². The highest BCUT2D eigenvalue weighted by atomic mass is 16.2. The molecular formula is C17H27N5O. The molecule has 1 saturated carbocycles. The fourth-order valence-corrected chi connectivity index (χ4v) is 3.18. The first-order chi connectivity index (χ1) is 11.0. The number of hydrogen-bond acceptors (Lipinski definition) is 5. The molecule has 0 radical (unpaired) electrons. The van der Waals surface area contributed by atoms with E-state index >= 15 is 0 Å². The number of anilines is 2. The Kier molecular flexibility index (Phi) is 4.68. The van der Waals surface area contributed by atoms with E-state index in [1.807, 2.05) is 43.2 Å². The van der Waals surface area contributed by atoms with Gasteiger partial charge in [0.25, 0.3) is 0 Å². The molecule has 2 heterocycles. The lowest BCUT2D eigenvalue weighted by molar-refractivity contribution is -0.131. The van der Waals surface area contributed by atoms with Crippen molar-refractivity contribution in [3.63, 3.8) is 0 Å². The number of rotatable bonds is 5. The molecule has 1 amide bonds. The molecule has 23 heavy (non-hydrogen) atoms. The van der Waals surface area contributed by atoms with Crippen molar-refractivity contribution in [2.75, 3.05) is 50.6 Å². The lowest BCUT2D eigenvalue weighted by atomic mass is 9.96. The quantitative estimate of drug-likeness (QED) is 0.826. The first kappa shape index (κ1) is 16.0. The number of piperidine rings is 1. The lowest BCUT2D eigenvalue weighted by Crippen LogP contribution is -2.40. The van der Waals surface area contributed by atoms with E-state index in [2.05, 4.69) is 14.9 Å². The average molecular weight is 317 g/mol. The van der Waals surface area contributed by atoms with E-state index in [-0.39, 0.29) is 0 Å². The zero-order valence-corrected chi connectivity index (χ0v) is 14.4. The summed E-state index contributed by atoms with van der Waals surface area (Å²) < 4.78 is 0. The lowest BCUT2D eigenvalue weighted by Gasteiger charge is -2.34. The Bertz CT molecular complexity index is 550. The fraction of sp³-hybridized carbons (Fsp3) is 0.706. The summed E-state index contributed by atoms with van der Waals surface area (Å²) in [5.74, 6) is 3.01. The number of nitrogens with zero attached hydrogens (tertiary/aromatic N) is 5. The van der Waals surface area contributed by atoms with Crippen LogP contribution in [-0.2, 0) is 4.79 Å². The van der Waals surface area contributed by atoms with Gasteiger partial charge < -0.3 is 14.7 Å². The Morgan fingerprint density at radius 3 is 2.52 bits per heavy atom. The van der Waals surface area contributed by atoms with E-state index in [1.165, 1.54) is 0 Å². The summed E-state index contributed by atoms with van der Waals surface area (Å²) in [6.45, 7) is 2.82. The number of amides is 1. The van der Waals surface area contributed by atoms with Gasteiger partial charge in [-0.05, 0) is 37.7 Å². The number of carbonyl (C=O) groups is 1. The van der Waals surface area contributed by atoms with Gasteiger partial charge in [-0.25, -0.2) is 4.98 Å². The second-order valence-electron chi connectivity index (χ2n) is 7.03. The monoisotopic (exact) mass is 317 g/mol. The molecule has 0 N–H and O–H groups in total. The van der Waals surface area contributed by atoms with E-state index in [1.54, 1.807) is 0 Å². The van der Waals surface area contributed by atoms with E-state index in [9.17, 15) is 4.79 Å². The van der Waals surface area contributed by atoms with E-state index in [0.29, 0.717) is 17.7 Å². The fourth-order valence-electron chi connectivity index (χ4n) is 3.18. The van der Waals surface area contributed by atoms with Crippen molar-refractivity contribution in [3.8, 4) is 0 Å². The molecular weight excluding hydrogens is 290 g/mol. The van der Waals surface area contributed by atoms with Crippen molar-refractivity contribution >= 4 is 17.7 Å². The first-order valence-corrected chi connectivity index (χ1v) is 8.55. The number of hydrogen-bond donors (Lipinski definition) is 0. The average Bonchev–Trinajstić information content (AvgIpc) is 3.40. The molecule has 1 aliphatic heterocycles. The molecule has 2 aliphatic rings. The summed E-state index contributed by atoms with van der Waals surface area (Å²) in [5, 5.41) is 0. The van der Waals surface area contributed by atoms with Crippen molar-refractivity contribution in [2.45, 2.75) is 25.7 Å². The van der Waals surface area contributed by atoms with E-state index < -0.39 is 0 Å². The Labute approximate surface area is 138 Å². The van der Waals surface area contributed by atoms with Crippen LogP contribution in [0.1, 0.15) is 25.7 Å². The van der Waals surface area contributed by atoms with Crippen LogP contribution in [0.25, 0.3) is 0 Å². The van der Waals surface area contributed by atoms with Gasteiger partial charge in [0.1, 0.15) is 5.82 Å². The van der Waals surface area contributed by atoms with Crippen LogP contribution in [0.15, 0.2) is 12.3 Å². The van der Waals surface area contributed by atoms with Gasteiger partial charge in [-0.3, -0.25) is 4.79 Å². The molecule has 126 valence electrons. The molecule has 1 aliphatic carbocycles. The van der Waals surface area contributed by atoms with Gasteiger partial charge in [-0.1, -0.05) is 0 Å². The Balaban J connectivity index is 1.52. The van der Waals surface area contributed by atoms with Crippen LogP contribution in [0.5, 0.6) is 0 Å². The van der Waals surface area contributed by atoms with E-state index in [0.717, 1.165) is 57.1 Å². The van der Waals surface area contributed by atoms with Gasteiger partial charge in [0.05, 0.1) is 0 Å². The van der Waals surface area contributed by atoms with Gasteiger partial charge in [0.15, 0.2) is 0 Å². The summed E-state index contributed by atoms with van der Waals surface area (Å²) in [6.07, 6.45) is 6.18. The molecule has 1 aromatic rings.